The highest BCUT2D eigenvalue weighted by atomic mass is 32.2. The van der Waals surface area contributed by atoms with Gasteiger partial charge in [-0.05, 0) is 52.3 Å². The zero-order chi connectivity index (χ0) is 19.3. The molecule has 0 unspecified atom stereocenters. The molecular weight excluding hydrogens is 366 g/mol. The van der Waals surface area contributed by atoms with Crippen LogP contribution in [0.15, 0.2) is 69.2 Å². The molecule has 0 amide bonds. The summed E-state index contributed by atoms with van der Waals surface area (Å²) < 4.78 is 5.19. The highest BCUT2D eigenvalue weighted by Crippen LogP contribution is 2.44. The van der Waals surface area contributed by atoms with Gasteiger partial charge >= 0.3 is 5.97 Å². The maximum Gasteiger partial charge on any atom is 0.320 e. The number of ether oxygens (including phenoxy) is 1. The van der Waals surface area contributed by atoms with E-state index in [2.05, 4.69) is 20.7 Å². The topological polar surface area (TPSA) is 122 Å². The summed E-state index contributed by atoms with van der Waals surface area (Å²) in [5.41, 5.74) is 8.36. The van der Waals surface area contributed by atoms with Crippen molar-refractivity contribution in [1.29, 1.82) is 0 Å². The number of nitrogens with two attached hydrogens (primary N) is 1. The van der Waals surface area contributed by atoms with E-state index in [0.29, 0.717) is 5.75 Å². The quantitative estimate of drug-likeness (QED) is 0.720. The van der Waals surface area contributed by atoms with E-state index in [1.165, 1.54) is 11.8 Å². The Morgan fingerprint density at radius 3 is 2.48 bits per heavy atom. The third-order valence-corrected chi connectivity index (χ3v) is 5.35. The Bertz CT molecular complexity index is 858. The molecule has 1 atom stereocenters. The van der Waals surface area contributed by atoms with Gasteiger partial charge in [-0.15, -0.1) is 10.2 Å². The van der Waals surface area contributed by atoms with Crippen LogP contribution in [0.1, 0.15) is 16.7 Å². The molecule has 1 aliphatic heterocycles. The van der Waals surface area contributed by atoms with E-state index in [0.717, 1.165) is 22.4 Å². The summed E-state index contributed by atoms with van der Waals surface area (Å²) in [5.74, 6) is 0.327. The number of benzene rings is 2. The molecule has 140 valence electrons. The van der Waals surface area contributed by atoms with Gasteiger partial charge in [0, 0.05) is 11.3 Å². The van der Waals surface area contributed by atoms with Crippen molar-refractivity contribution >= 4 is 17.7 Å². The maximum absolute atomic E-state index is 10.9. The molecule has 0 spiro atoms. The van der Waals surface area contributed by atoms with E-state index >= 15 is 0 Å². The summed E-state index contributed by atoms with van der Waals surface area (Å²) in [6.45, 7) is 0. The molecule has 0 bridgehead atoms. The van der Waals surface area contributed by atoms with Crippen LogP contribution in [0.25, 0.3) is 0 Å². The number of methoxy groups -OCH3 is 1. The number of carboxylic acids is 1. The predicted molar refractivity (Wildman–Crippen MR) is 101 cm³/mol. The molecule has 0 saturated carbocycles. The van der Waals surface area contributed by atoms with E-state index in [4.69, 9.17) is 15.6 Å². The monoisotopic (exact) mass is 385 g/mol. The Morgan fingerprint density at radius 1 is 1.19 bits per heavy atom. The Morgan fingerprint density at radius 2 is 1.85 bits per heavy atom. The third kappa shape index (κ3) is 4.50. The molecule has 0 aromatic heterocycles. The lowest BCUT2D eigenvalue weighted by atomic mass is 10.0. The summed E-state index contributed by atoms with van der Waals surface area (Å²) in [6.07, 6.45) is 0.275. The smallest absolute Gasteiger partial charge is 0.320 e. The second-order valence-corrected chi connectivity index (χ2v) is 7.12. The van der Waals surface area contributed by atoms with E-state index in [1.54, 1.807) is 7.11 Å². The van der Waals surface area contributed by atoms with Crippen molar-refractivity contribution in [1.82, 2.24) is 0 Å². The Kier molecular flexibility index (Phi) is 5.82. The molecule has 0 saturated heterocycles. The number of hydrogen-bond donors (Lipinski definition) is 2. The van der Waals surface area contributed by atoms with Gasteiger partial charge in [0.25, 0.3) is 4.99 Å². The minimum Gasteiger partial charge on any atom is -0.497 e. The molecule has 0 aliphatic carbocycles. The first-order valence-corrected chi connectivity index (χ1v) is 9.20. The van der Waals surface area contributed by atoms with Crippen molar-refractivity contribution in [2.24, 2.45) is 26.4 Å². The number of carboxylic acid groups (broad SMARTS) is 1. The fraction of sp³-hybridized carbons (Fsp3) is 0.278. The molecule has 8 nitrogen and oxygen atoms in total. The lowest BCUT2D eigenvalue weighted by Crippen LogP contribution is -2.32. The van der Waals surface area contributed by atoms with Crippen LogP contribution >= 0.6 is 11.8 Å². The van der Waals surface area contributed by atoms with Crippen molar-refractivity contribution in [2.75, 3.05) is 7.11 Å². The van der Waals surface area contributed by atoms with Crippen LogP contribution in [0.3, 0.4) is 0 Å². The number of aliphatic carboxylic acids is 1. The fourth-order valence-electron chi connectivity index (χ4n) is 2.62. The second-order valence-electron chi connectivity index (χ2n) is 5.97. The molecule has 3 rings (SSSR count). The van der Waals surface area contributed by atoms with Gasteiger partial charge in [-0.2, -0.15) is 0 Å². The summed E-state index contributed by atoms with van der Waals surface area (Å²) in [4.78, 5) is 10.0. The molecule has 1 aliphatic rings. The van der Waals surface area contributed by atoms with Crippen LogP contribution in [-0.4, -0.2) is 24.2 Å². The lowest BCUT2D eigenvalue weighted by Gasteiger charge is -2.20. The van der Waals surface area contributed by atoms with Crippen molar-refractivity contribution in [3.8, 4) is 5.75 Å². The zero-order valence-electron chi connectivity index (χ0n) is 14.6. The van der Waals surface area contributed by atoms with Gasteiger partial charge in [0.1, 0.15) is 11.8 Å². The predicted octanol–water partition coefficient (Wildman–Crippen LogP) is 3.53. The minimum atomic E-state index is -1.01. The van der Waals surface area contributed by atoms with Crippen molar-refractivity contribution < 1.29 is 14.6 Å². The lowest BCUT2D eigenvalue weighted by molar-refractivity contribution is -0.138. The van der Waals surface area contributed by atoms with Gasteiger partial charge in [0.05, 0.1) is 7.11 Å². The molecule has 1 heterocycles. The van der Waals surface area contributed by atoms with Gasteiger partial charge < -0.3 is 15.6 Å². The molecule has 3 N–H and O–H groups in total. The first kappa shape index (κ1) is 19.0. The average molecular weight is 385 g/mol. The van der Waals surface area contributed by atoms with Gasteiger partial charge in [-0.3, -0.25) is 4.79 Å². The summed E-state index contributed by atoms with van der Waals surface area (Å²) in [6, 6.07) is 14.2. The molecule has 2 aromatic carbocycles. The highest BCUT2D eigenvalue weighted by Gasteiger charge is 2.36. The molecule has 27 heavy (non-hydrogen) atoms. The average Bonchev–Trinajstić information content (AvgIpc) is 3.17. The standard InChI is InChI=1S/C18H19N5O3S/c1-26-15-7-5-14(6-8-15)18(20-22-23-21-18)27-11-13-4-2-3-12(9-13)10-16(19)17(24)25/h2-9,16H,10-11,19H2,1H3,(H,24,25)/t16-/m0/s1. The van der Waals surface area contributed by atoms with E-state index in [1.807, 2.05) is 48.5 Å². The SMILES string of the molecule is COc1ccc(C2(SCc3cccc(C[C@H](N)C(=O)O)c3)N=NN=N2)cc1. The summed E-state index contributed by atoms with van der Waals surface area (Å²) in [7, 11) is 1.61. The van der Waals surface area contributed by atoms with Crippen molar-refractivity contribution in [3.63, 3.8) is 0 Å². The molecule has 2 aromatic rings. The van der Waals surface area contributed by atoms with Crippen LogP contribution in [0.2, 0.25) is 0 Å². The van der Waals surface area contributed by atoms with Gasteiger partial charge in [-0.1, -0.05) is 36.0 Å². The van der Waals surface area contributed by atoms with Crippen LogP contribution in [-0.2, 0) is 22.0 Å². The number of thioether (sulfide) groups is 1. The minimum absolute atomic E-state index is 0.275. The first-order valence-electron chi connectivity index (χ1n) is 8.21. The Labute approximate surface area is 160 Å². The van der Waals surface area contributed by atoms with E-state index in [9.17, 15) is 4.79 Å². The zero-order valence-corrected chi connectivity index (χ0v) is 15.5. The number of nitrogens with zero attached hydrogens (tertiary/aromatic N) is 4. The highest BCUT2D eigenvalue weighted by molar-refractivity contribution is 7.99. The fourth-order valence-corrected chi connectivity index (χ4v) is 3.66. The van der Waals surface area contributed by atoms with Gasteiger partial charge in [0.2, 0.25) is 0 Å². The number of rotatable bonds is 8. The van der Waals surface area contributed by atoms with Crippen LogP contribution in [0, 0.1) is 0 Å². The molecular formula is C18H19N5O3S. The van der Waals surface area contributed by atoms with Crippen molar-refractivity contribution in [3.05, 3.63) is 65.2 Å². The normalized spacial score (nSPS) is 15.6. The Balaban J connectivity index is 1.74. The third-order valence-electron chi connectivity index (χ3n) is 4.07. The van der Waals surface area contributed by atoms with Crippen LogP contribution in [0.4, 0.5) is 0 Å². The van der Waals surface area contributed by atoms with E-state index < -0.39 is 17.0 Å². The summed E-state index contributed by atoms with van der Waals surface area (Å²) in [5, 5.41) is 24.8. The van der Waals surface area contributed by atoms with Gasteiger partial charge in [-0.25, -0.2) is 0 Å². The van der Waals surface area contributed by atoms with Gasteiger partial charge in [0.15, 0.2) is 0 Å². The largest absolute Gasteiger partial charge is 0.497 e. The van der Waals surface area contributed by atoms with E-state index in [-0.39, 0.29) is 6.42 Å². The number of hydrogen-bond acceptors (Lipinski definition) is 8. The van der Waals surface area contributed by atoms with Crippen molar-refractivity contribution in [2.45, 2.75) is 23.2 Å². The van der Waals surface area contributed by atoms with Crippen LogP contribution in [0.5, 0.6) is 5.75 Å². The van der Waals surface area contributed by atoms with Crippen LogP contribution < -0.4 is 10.5 Å². The molecule has 9 heteroatoms. The summed E-state index contributed by atoms with van der Waals surface area (Å²) >= 11 is 1.48. The second kappa shape index (κ2) is 8.28. The molecule has 0 fully saturated rings. The molecule has 0 radical (unpaired) electrons. The number of carbonyl (C=O) groups is 1. The first-order chi connectivity index (χ1) is 13.0. The Hall–Kier alpha value is -2.78. The maximum atomic E-state index is 10.9.